The van der Waals surface area contributed by atoms with E-state index in [0.717, 1.165) is 13.0 Å². The lowest BCUT2D eigenvalue weighted by molar-refractivity contribution is 0.166. The van der Waals surface area contributed by atoms with Crippen LogP contribution in [-0.2, 0) is 6.42 Å². The van der Waals surface area contributed by atoms with Gasteiger partial charge in [0.05, 0.1) is 0 Å². The van der Waals surface area contributed by atoms with E-state index in [1.54, 1.807) is 0 Å². The van der Waals surface area contributed by atoms with Crippen molar-refractivity contribution in [1.29, 1.82) is 0 Å². The highest BCUT2D eigenvalue weighted by Crippen LogP contribution is 2.27. The standard InChI is InChI=1S/C15H24N2S/c1-3-13-4-6-14(7-5-13)15(10-16)17-8-9-18-11-12(17)2/h4-7,12,15H,3,8-11,16H2,1-2H3. The lowest BCUT2D eigenvalue weighted by Crippen LogP contribution is -2.45. The van der Waals surface area contributed by atoms with Gasteiger partial charge in [0, 0.05) is 36.7 Å². The number of aryl methyl sites for hydroxylation is 1. The van der Waals surface area contributed by atoms with Crippen LogP contribution < -0.4 is 5.73 Å². The Kier molecular flexibility index (Phi) is 5.10. The van der Waals surface area contributed by atoms with E-state index in [1.807, 2.05) is 0 Å². The Hall–Kier alpha value is -0.510. The van der Waals surface area contributed by atoms with Gasteiger partial charge in [-0.1, -0.05) is 31.2 Å². The fraction of sp³-hybridized carbons (Fsp3) is 0.600. The summed E-state index contributed by atoms with van der Waals surface area (Å²) in [6.45, 7) is 6.37. The SMILES string of the molecule is CCc1ccc(C(CN)N2CCSCC2C)cc1. The van der Waals surface area contributed by atoms with Crippen molar-refractivity contribution >= 4 is 11.8 Å². The molecule has 0 saturated carbocycles. The molecule has 1 aromatic rings. The van der Waals surface area contributed by atoms with E-state index >= 15 is 0 Å². The summed E-state index contributed by atoms with van der Waals surface area (Å²) in [4.78, 5) is 2.57. The first-order chi connectivity index (χ1) is 8.76. The van der Waals surface area contributed by atoms with Gasteiger partial charge in [-0.3, -0.25) is 4.90 Å². The zero-order valence-corrected chi connectivity index (χ0v) is 12.2. The van der Waals surface area contributed by atoms with Crippen molar-refractivity contribution in [3.8, 4) is 0 Å². The van der Waals surface area contributed by atoms with E-state index in [9.17, 15) is 0 Å². The molecule has 1 saturated heterocycles. The third kappa shape index (κ3) is 3.08. The van der Waals surface area contributed by atoms with Crippen molar-refractivity contribution in [1.82, 2.24) is 4.90 Å². The Bertz CT molecular complexity index is 363. The van der Waals surface area contributed by atoms with Crippen LogP contribution in [-0.4, -0.2) is 35.5 Å². The average molecular weight is 264 g/mol. The summed E-state index contributed by atoms with van der Waals surface area (Å²) in [6, 6.07) is 9.99. The molecule has 1 aromatic carbocycles. The summed E-state index contributed by atoms with van der Waals surface area (Å²) in [5, 5.41) is 0. The minimum Gasteiger partial charge on any atom is -0.329 e. The van der Waals surface area contributed by atoms with Gasteiger partial charge in [0.15, 0.2) is 0 Å². The summed E-state index contributed by atoms with van der Waals surface area (Å²) in [5.74, 6) is 2.46. The molecule has 1 aliphatic heterocycles. The zero-order chi connectivity index (χ0) is 13.0. The highest BCUT2D eigenvalue weighted by atomic mass is 32.2. The Morgan fingerprint density at radius 2 is 2.11 bits per heavy atom. The van der Waals surface area contributed by atoms with E-state index in [0.29, 0.717) is 18.6 Å². The zero-order valence-electron chi connectivity index (χ0n) is 11.4. The highest BCUT2D eigenvalue weighted by Gasteiger charge is 2.26. The molecule has 1 heterocycles. The Labute approximate surface area is 115 Å². The topological polar surface area (TPSA) is 29.3 Å². The highest BCUT2D eigenvalue weighted by molar-refractivity contribution is 7.99. The Morgan fingerprint density at radius 3 is 2.67 bits per heavy atom. The molecule has 100 valence electrons. The van der Waals surface area contributed by atoms with Crippen LogP contribution in [0.15, 0.2) is 24.3 Å². The molecule has 0 aliphatic carbocycles. The van der Waals surface area contributed by atoms with E-state index < -0.39 is 0 Å². The second kappa shape index (κ2) is 6.60. The molecule has 0 aromatic heterocycles. The second-order valence-corrected chi connectivity index (χ2v) is 6.16. The van der Waals surface area contributed by atoms with Crippen LogP contribution in [0.2, 0.25) is 0 Å². The third-order valence-electron chi connectivity index (χ3n) is 3.82. The molecular weight excluding hydrogens is 240 g/mol. The maximum Gasteiger partial charge on any atom is 0.0473 e. The lowest BCUT2D eigenvalue weighted by atomic mass is 10.0. The molecule has 2 rings (SSSR count). The van der Waals surface area contributed by atoms with Crippen LogP contribution in [0.4, 0.5) is 0 Å². The number of nitrogens with two attached hydrogens (primary N) is 1. The summed E-state index contributed by atoms with van der Waals surface area (Å²) in [6.07, 6.45) is 1.10. The minimum atomic E-state index is 0.381. The van der Waals surface area contributed by atoms with Crippen LogP contribution in [0.1, 0.15) is 31.0 Å². The van der Waals surface area contributed by atoms with Crippen molar-refractivity contribution in [3.05, 3.63) is 35.4 Å². The van der Waals surface area contributed by atoms with Crippen molar-refractivity contribution in [3.63, 3.8) is 0 Å². The second-order valence-electron chi connectivity index (χ2n) is 5.01. The summed E-state index contributed by atoms with van der Waals surface area (Å²) >= 11 is 2.05. The van der Waals surface area contributed by atoms with Gasteiger partial charge in [-0.25, -0.2) is 0 Å². The van der Waals surface area contributed by atoms with Crippen LogP contribution in [0.25, 0.3) is 0 Å². The molecule has 18 heavy (non-hydrogen) atoms. The van der Waals surface area contributed by atoms with Gasteiger partial charge in [0.1, 0.15) is 0 Å². The number of thioether (sulfide) groups is 1. The Balaban J connectivity index is 2.15. The predicted molar refractivity (Wildman–Crippen MR) is 81.1 cm³/mol. The van der Waals surface area contributed by atoms with Gasteiger partial charge in [-0.05, 0) is 24.5 Å². The first-order valence-corrected chi connectivity index (χ1v) is 8.04. The van der Waals surface area contributed by atoms with E-state index in [-0.39, 0.29) is 0 Å². The molecule has 1 aliphatic rings. The first-order valence-electron chi connectivity index (χ1n) is 6.88. The molecule has 0 spiro atoms. The third-order valence-corrected chi connectivity index (χ3v) is 5.00. The maximum absolute atomic E-state index is 6.02. The van der Waals surface area contributed by atoms with Crippen molar-refractivity contribution < 1.29 is 0 Å². The molecule has 2 nitrogen and oxygen atoms in total. The number of rotatable bonds is 4. The molecule has 2 unspecified atom stereocenters. The van der Waals surface area contributed by atoms with Gasteiger partial charge in [-0.15, -0.1) is 0 Å². The van der Waals surface area contributed by atoms with Crippen LogP contribution in [0, 0.1) is 0 Å². The number of nitrogens with zero attached hydrogens (tertiary/aromatic N) is 1. The van der Waals surface area contributed by atoms with E-state index in [1.165, 1.54) is 22.6 Å². The number of hydrogen-bond donors (Lipinski definition) is 1. The van der Waals surface area contributed by atoms with Gasteiger partial charge in [0.25, 0.3) is 0 Å². The monoisotopic (exact) mass is 264 g/mol. The summed E-state index contributed by atoms with van der Waals surface area (Å²) in [5.41, 5.74) is 8.79. The number of hydrogen-bond acceptors (Lipinski definition) is 3. The van der Waals surface area contributed by atoms with Crippen molar-refractivity contribution in [2.45, 2.75) is 32.4 Å². The van der Waals surface area contributed by atoms with E-state index in [2.05, 4.69) is 54.8 Å². The fourth-order valence-corrected chi connectivity index (χ4v) is 3.68. The van der Waals surface area contributed by atoms with Gasteiger partial charge >= 0.3 is 0 Å². The van der Waals surface area contributed by atoms with Crippen molar-refractivity contribution in [2.24, 2.45) is 5.73 Å². The molecular formula is C15H24N2S. The van der Waals surface area contributed by atoms with Crippen LogP contribution in [0.5, 0.6) is 0 Å². The number of benzene rings is 1. The fourth-order valence-electron chi connectivity index (χ4n) is 2.64. The van der Waals surface area contributed by atoms with Gasteiger partial charge in [0.2, 0.25) is 0 Å². The summed E-state index contributed by atoms with van der Waals surface area (Å²) in [7, 11) is 0. The quantitative estimate of drug-likeness (QED) is 0.906. The largest absolute Gasteiger partial charge is 0.329 e. The Morgan fingerprint density at radius 1 is 1.39 bits per heavy atom. The van der Waals surface area contributed by atoms with Gasteiger partial charge in [-0.2, -0.15) is 11.8 Å². The van der Waals surface area contributed by atoms with Crippen LogP contribution in [0.3, 0.4) is 0 Å². The molecule has 1 fully saturated rings. The van der Waals surface area contributed by atoms with Gasteiger partial charge < -0.3 is 5.73 Å². The van der Waals surface area contributed by atoms with Crippen LogP contribution >= 0.6 is 11.8 Å². The van der Waals surface area contributed by atoms with Crippen molar-refractivity contribution in [2.75, 3.05) is 24.6 Å². The molecule has 3 heteroatoms. The van der Waals surface area contributed by atoms with E-state index in [4.69, 9.17) is 5.73 Å². The first kappa shape index (κ1) is 13.9. The molecule has 2 atom stereocenters. The predicted octanol–water partition coefficient (Wildman–Crippen LogP) is 2.69. The lowest BCUT2D eigenvalue weighted by Gasteiger charge is -2.39. The molecule has 0 bridgehead atoms. The summed E-state index contributed by atoms with van der Waals surface area (Å²) < 4.78 is 0. The molecule has 0 radical (unpaired) electrons. The minimum absolute atomic E-state index is 0.381. The molecule has 2 N–H and O–H groups in total. The smallest absolute Gasteiger partial charge is 0.0473 e. The molecule has 0 amide bonds. The average Bonchev–Trinajstić information content (AvgIpc) is 2.42. The normalized spacial score (nSPS) is 22.9. The maximum atomic E-state index is 6.02.